The van der Waals surface area contributed by atoms with Gasteiger partial charge in [0.1, 0.15) is 18.2 Å². The Morgan fingerprint density at radius 3 is 2.18 bits per heavy atom. The molecule has 1 aliphatic rings. The fourth-order valence-electron chi connectivity index (χ4n) is 4.46. The van der Waals surface area contributed by atoms with Crippen LogP contribution in [-0.4, -0.2) is 52.9 Å². The number of nitrogens with zero attached hydrogens (tertiary/aromatic N) is 1. The molecule has 0 aliphatic carbocycles. The van der Waals surface area contributed by atoms with Gasteiger partial charge in [-0.15, -0.1) is 0 Å². The van der Waals surface area contributed by atoms with Crippen LogP contribution in [0.1, 0.15) is 58.1 Å². The summed E-state index contributed by atoms with van der Waals surface area (Å²) in [4.78, 5) is 53.4. The van der Waals surface area contributed by atoms with Crippen molar-refractivity contribution in [3.8, 4) is 0 Å². The number of hydrogen-bond donors (Lipinski definition) is 1. The molecule has 0 saturated carbocycles. The molecule has 0 spiro atoms. The molecule has 1 aliphatic heterocycles. The van der Waals surface area contributed by atoms with Crippen LogP contribution in [0.25, 0.3) is 0 Å². The van der Waals surface area contributed by atoms with Gasteiger partial charge in [0.25, 0.3) is 0 Å². The van der Waals surface area contributed by atoms with Crippen molar-refractivity contribution in [2.24, 2.45) is 5.92 Å². The average Bonchev–Trinajstić information content (AvgIpc) is 3.37. The molecular formula is C30H38N2O6. The predicted octanol–water partition coefficient (Wildman–Crippen LogP) is 4.45. The van der Waals surface area contributed by atoms with Gasteiger partial charge in [0.05, 0.1) is 6.04 Å². The molecule has 204 valence electrons. The number of likely N-dealkylation sites (tertiary alicyclic amines) is 1. The van der Waals surface area contributed by atoms with E-state index < -0.39 is 35.7 Å². The molecule has 3 atom stereocenters. The summed E-state index contributed by atoms with van der Waals surface area (Å²) in [5.41, 5.74) is 1.05. The minimum absolute atomic E-state index is 0.0766. The van der Waals surface area contributed by atoms with E-state index in [0.717, 1.165) is 11.1 Å². The Bertz CT molecular complexity index is 1100. The number of carbonyl (C=O) groups is 4. The van der Waals surface area contributed by atoms with Crippen molar-refractivity contribution < 1.29 is 28.7 Å². The zero-order valence-electron chi connectivity index (χ0n) is 22.6. The number of ketones is 1. The topological polar surface area (TPSA) is 102 Å². The zero-order valence-corrected chi connectivity index (χ0v) is 22.6. The van der Waals surface area contributed by atoms with E-state index in [9.17, 15) is 19.2 Å². The molecule has 2 amide bonds. The molecule has 1 saturated heterocycles. The van der Waals surface area contributed by atoms with Gasteiger partial charge in [0.15, 0.2) is 5.78 Å². The van der Waals surface area contributed by atoms with Gasteiger partial charge in [0, 0.05) is 18.9 Å². The van der Waals surface area contributed by atoms with Gasteiger partial charge in [-0.2, -0.15) is 0 Å². The summed E-state index contributed by atoms with van der Waals surface area (Å²) in [6, 6.07) is 17.1. The van der Waals surface area contributed by atoms with Crippen LogP contribution in [-0.2, 0) is 36.9 Å². The Balaban J connectivity index is 1.64. The molecule has 0 radical (unpaired) electrons. The lowest BCUT2D eigenvalue weighted by molar-refractivity contribution is -0.163. The third-order valence-electron chi connectivity index (χ3n) is 6.32. The maximum absolute atomic E-state index is 13.4. The van der Waals surface area contributed by atoms with E-state index in [1.54, 1.807) is 27.7 Å². The Hall–Kier alpha value is -3.68. The molecule has 8 nitrogen and oxygen atoms in total. The van der Waals surface area contributed by atoms with Crippen LogP contribution in [0.5, 0.6) is 0 Å². The summed E-state index contributed by atoms with van der Waals surface area (Å²) in [5, 5.41) is 2.69. The average molecular weight is 523 g/mol. The summed E-state index contributed by atoms with van der Waals surface area (Å²) in [5.74, 6) is -1.63. The molecule has 3 rings (SSSR count). The third kappa shape index (κ3) is 8.71. The number of hydrogen-bond acceptors (Lipinski definition) is 6. The second-order valence-electron chi connectivity index (χ2n) is 10.7. The molecule has 0 aromatic heterocycles. The monoisotopic (exact) mass is 522 g/mol. The lowest BCUT2D eigenvalue weighted by Gasteiger charge is -2.29. The van der Waals surface area contributed by atoms with E-state index in [1.807, 2.05) is 60.7 Å². The molecule has 2 aromatic rings. The Morgan fingerprint density at radius 2 is 1.58 bits per heavy atom. The van der Waals surface area contributed by atoms with Crippen LogP contribution in [0.15, 0.2) is 60.7 Å². The smallest absolute Gasteiger partial charge is 0.408 e. The van der Waals surface area contributed by atoms with Gasteiger partial charge < -0.3 is 19.7 Å². The number of carbonyl (C=O) groups excluding carboxylic acids is 4. The molecule has 8 heteroatoms. The van der Waals surface area contributed by atoms with Crippen LogP contribution in [0.2, 0.25) is 0 Å². The highest BCUT2D eigenvalue weighted by molar-refractivity contribution is 5.93. The lowest BCUT2D eigenvalue weighted by atomic mass is 9.94. The van der Waals surface area contributed by atoms with Crippen molar-refractivity contribution in [2.75, 3.05) is 6.54 Å². The highest BCUT2D eigenvalue weighted by Gasteiger charge is 2.39. The summed E-state index contributed by atoms with van der Waals surface area (Å²) < 4.78 is 10.8. The number of rotatable bonds is 10. The minimum Gasteiger partial charge on any atom is -0.458 e. The Labute approximate surface area is 224 Å². The quantitative estimate of drug-likeness (QED) is 0.463. The third-order valence-corrected chi connectivity index (χ3v) is 6.32. The molecular weight excluding hydrogens is 484 g/mol. The molecule has 1 heterocycles. The number of nitrogens with one attached hydrogen (secondary N) is 1. The lowest BCUT2D eigenvalue weighted by Crippen LogP contribution is -2.47. The predicted molar refractivity (Wildman–Crippen MR) is 143 cm³/mol. The van der Waals surface area contributed by atoms with Crippen LogP contribution < -0.4 is 5.32 Å². The van der Waals surface area contributed by atoms with Crippen molar-refractivity contribution in [2.45, 2.75) is 77.7 Å². The summed E-state index contributed by atoms with van der Waals surface area (Å²) in [6.07, 6.45) is 0.721. The number of ether oxygens (including phenoxy) is 2. The second kappa shape index (κ2) is 13.2. The largest absolute Gasteiger partial charge is 0.458 e. The van der Waals surface area contributed by atoms with E-state index in [4.69, 9.17) is 9.47 Å². The highest BCUT2D eigenvalue weighted by atomic mass is 16.6. The van der Waals surface area contributed by atoms with E-state index in [-0.39, 0.29) is 31.1 Å². The zero-order chi connectivity index (χ0) is 27.7. The first kappa shape index (κ1) is 28.9. The van der Waals surface area contributed by atoms with Crippen molar-refractivity contribution in [3.05, 3.63) is 71.8 Å². The van der Waals surface area contributed by atoms with Gasteiger partial charge >= 0.3 is 12.1 Å². The van der Waals surface area contributed by atoms with Crippen LogP contribution in [0.4, 0.5) is 4.79 Å². The van der Waals surface area contributed by atoms with Crippen molar-refractivity contribution in [1.29, 1.82) is 0 Å². The van der Waals surface area contributed by atoms with Crippen LogP contribution in [0, 0.1) is 5.92 Å². The van der Waals surface area contributed by atoms with E-state index in [0.29, 0.717) is 19.4 Å². The maximum atomic E-state index is 13.4. The SMILES string of the molecule is C[C@@H](CC(=O)[C@@H](Cc1ccccc1)NC(=O)OCc1ccccc1)C(=O)N1CCC[C@H]1C(=O)OC(C)(C)C. The fourth-order valence-corrected chi connectivity index (χ4v) is 4.46. The molecule has 38 heavy (non-hydrogen) atoms. The number of amides is 2. The first-order valence-electron chi connectivity index (χ1n) is 13.1. The second-order valence-corrected chi connectivity index (χ2v) is 10.7. The summed E-state index contributed by atoms with van der Waals surface area (Å²) >= 11 is 0. The standard InChI is InChI=1S/C30H38N2O6/c1-21(27(34)32-17-11-16-25(32)28(35)38-30(2,3)4)18-26(33)24(19-22-12-7-5-8-13-22)31-29(36)37-20-23-14-9-6-10-15-23/h5-10,12-15,21,24-25H,11,16-20H2,1-4H3,(H,31,36)/t21-,24+,25-/m0/s1. The number of esters is 1. The van der Waals surface area contributed by atoms with Crippen LogP contribution >= 0.6 is 0 Å². The summed E-state index contributed by atoms with van der Waals surface area (Å²) in [7, 11) is 0. The van der Waals surface area contributed by atoms with Crippen molar-refractivity contribution in [1.82, 2.24) is 10.2 Å². The highest BCUT2D eigenvalue weighted by Crippen LogP contribution is 2.24. The van der Waals surface area contributed by atoms with E-state index in [2.05, 4.69) is 5.32 Å². The first-order valence-corrected chi connectivity index (χ1v) is 13.1. The minimum atomic E-state index is -0.865. The number of alkyl carbamates (subject to hydrolysis) is 1. The molecule has 1 N–H and O–H groups in total. The van der Waals surface area contributed by atoms with Crippen molar-refractivity contribution >= 4 is 23.8 Å². The van der Waals surface area contributed by atoms with E-state index >= 15 is 0 Å². The number of benzene rings is 2. The Kier molecular flexibility index (Phi) is 10.0. The Morgan fingerprint density at radius 1 is 0.974 bits per heavy atom. The van der Waals surface area contributed by atoms with Gasteiger partial charge in [-0.25, -0.2) is 9.59 Å². The molecule has 0 bridgehead atoms. The van der Waals surface area contributed by atoms with Crippen LogP contribution in [0.3, 0.4) is 0 Å². The molecule has 0 unspecified atom stereocenters. The van der Waals surface area contributed by atoms with Crippen molar-refractivity contribution in [3.63, 3.8) is 0 Å². The van der Waals surface area contributed by atoms with Gasteiger partial charge in [-0.3, -0.25) is 9.59 Å². The molecule has 1 fully saturated rings. The normalized spacial score (nSPS) is 16.8. The van der Waals surface area contributed by atoms with Gasteiger partial charge in [0.2, 0.25) is 5.91 Å². The van der Waals surface area contributed by atoms with E-state index in [1.165, 1.54) is 4.90 Å². The maximum Gasteiger partial charge on any atom is 0.408 e. The summed E-state index contributed by atoms with van der Waals surface area (Å²) in [6.45, 7) is 7.57. The molecule has 2 aromatic carbocycles. The first-order chi connectivity index (χ1) is 18.0. The van der Waals surface area contributed by atoms with Gasteiger partial charge in [-0.1, -0.05) is 67.6 Å². The number of Topliss-reactive ketones (excluding diaryl/α,β-unsaturated/α-hetero) is 1. The van der Waals surface area contributed by atoms with Gasteiger partial charge in [-0.05, 0) is 51.2 Å². The fraction of sp³-hybridized carbons (Fsp3) is 0.467.